The van der Waals surface area contributed by atoms with Gasteiger partial charge in [0, 0.05) is 36.4 Å². The molecule has 0 aliphatic rings. The van der Waals surface area contributed by atoms with Gasteiger partial charge in [0.05, 0.1) is 17.7 Å². The number of nitrogens with zero attached hydrogens (tertiary/aromatic N) is 5. The second-order valence-corrected chi connectivity index (χ2v) is 6.27. The lowest BCUT2D eigenvalue weighted by molar-refractivity contribution is 0.607. The number of halogens is 1. The summed E-state index contributed by atoms with van der Waals surface area (Å²) in [6.45, 7) is 0. The molecule has 4 aromatic rings. The normalized spacial score (nSPS) is 11.8. The number of nitrogens with two attached hydrogens (primary N) is 1. The average molecular weight is 400 g/mol. The van der Waals surface area contributed by atoms with Gasteiger partial charge in [-0.15, -0.1) is 0 Å². The van der Waals surface area contributed by atoms with Crippen LogP contribution >= 0.6 is 0 Å². The summed E-state index contributed by atoms with van der Waals surface area (Å²) in [7, 11) is 0. The van der Waals surface area contributed by atoms with E-state index in [-0.39, 0.29) is 22.5 Å². The number of para-hydroxylation sites is 1. The van der Waals surface area contributed by atoms with Gasteiger partial charge in [-0.3, -0.25) is 4.79 Å². The molecule has 0 saturated heterocycles. The molecule has 2 heterocycles. The maximum Gasteiger partial charge on any atom is 0.209 e. The number of hydrogen-bond donors (Lipinski definition) is 1. The molecule has 148 valence electrons. The van der Waals surface area contributed by atoms with Gasteiger partial charge in [-0.05, 0) is 36.5 Å². The highest BCUT2D eigenvalue weighted by Gasteiger charge is 2.12. The van der Waals surface area contributed by atoms with Gasteiger partial charge in [-0.25, -0.2) is 19.0 Å². The number of hydrogen-bond acceptors (Lipinski definition) is 5. The Balaban J connectivity index is 1.78. The van der Waals surface area contributed by atoms with E-state index in [1.807, 2.05) is 18.2 Å². The monoisotopic (exact) mass is 400 g/mol. The molecule has 0 radical (unpaired) electrons. The number of aliphatic imine (C=N–C) groups is 1. The van der Waals surface area contributed by atoms with Crippen molar-refractivity contribution in [3.63, 3.8) is 0 Å². The van der Waals surface area contributed by atoms with E-state index in [0.29, 0.717) is 11.4 Å². The van der Waals surface area contributed by atoms with Crippen molar-refractivity contribution >= 4 is 11.4 Å². The van der Waals surface area contributed by atoms with E-state index < -0.39 is 5.82 Å². The summed E-state index contributed by atoms with van der Waals surface area (Å²) in [5.41, 5.74) is 6.97. The lowest BCUT2D eigenvalue weighted by Gasteiger charge is -2.10. The van der Waals surface area contributed by atoms with E-state index in [9.17, 15) is 9.18 Å². The SMILES string of the molecule is NC=CC(=Nc1ccccc1)c1nn(-c2ccc(-n3ccnc3)cc2F)ccc1=O. The van der Waals surface area contributed by atoms with Gasteiger partial charge in [-0.1, -0.05) is 18.2 Å². The van der Waals surface area contributed by atoms with E-state index in [4.69, 9.17) is 5.73 Å². The third-order valence-corrected chi connectivity index (χ3v) is 4.29. The van der Waals surface area contributed by atoms with Gasteiger partial charge in [0.2, 0.25) is 5.43 Å². The molecule has 30 heavy (non-hydrogen) atoms. The van der Waals surface area contributed by atoms with Crippen LogP contribution in [0.25, 0.3) is 11.4 Å². The third kappa shape index (κ3) is 3.93. The van der Waals surface area contributed by atoms with Crippen LogP contribution in [0.2, 0.25) is 0 Å². The average Bonchev–Trinajstić information content (AvgIpc) is 3.30. The number of rotatable bonds is 5. The minimum atomic E-state index is -0.501. The minimum Gasteiger partial charge on any atom is -0.405 e. The van der Waals surface area contributed by atoms with Crippen LogP contribution in [-0.2, 0) is 0 Å². The summed E-state index contributed by atoms with van der Waals surface area (Å²) in [5.74, 6) is -0.501. The highest BCUT2D eigenvalue weighted by Crippen LogP contribution is 2.17. The van der Waals surface area contributed by atoms with E-state index in [1.54, 1.807) is 47.6 Å². The van der Waals surface area contributed by atoms with Crippen molar-refractivity contribution in [2.45, 2.75) is 0 Å². The third-order valence-electron chi connectivity index (χ3n) is 4.29. The van der Waals surface area contributed by atoms with Crippen LogP contribution in [0.15, 0.2) is 102 Å². The molecule has 7 nitrogen and oxygen atoms in total. The molecule has 0 saturated carbocycles. The highest BCUT2D eigenvalue weighted by atomic mass is 19.1. The van der Waals surface area contributed by atoms with Crippen molar-refractivity contribution in [1.82, 2.24) is 19.3 Å². The Kier molecular flexibility index (Phi) is 5.29. The molecular formula is C22H17FN6O. The van der Waals surface area contributed by atoms with Crippen molar-refractivity contribution in [2.24, 2.45) is 10.7 Å². The molecule has 0 unspecified atom stereocenters. The fraction of sp³-hybridized carbons (Fsp3) is 0. The van der Waals surface area contributed by atoms with Gasteiger partial charge in [0.1, 0.15) is 5.69 Å². The molecular weight excluding hydrogens is 383 g/mol. The summed E-state index contributed by atoms with van der Waals surface area (Å²) in [6.07, 6.45) is 9.08. The second kappa shape index (κ2) is 8.36. The van der Waals surface area contributed by atoms with Gasteiger partial charge < -0.3 is 10.3 Å². The maximum atomic E-state index is 14.8. The zero-order chi connectivity index (χ0) is 20.9. The molecule has 0 amide bonds. The Morgan fingerprint density at radius 1 is 1.10 bits per heavy atom. The largest absolute Gasteiger partial charge is 0.405 e. The number of allylic oxidation sites excluding steroid dienone is 1. The lowest BCUT2D eigenvalue weighted by atomic mass is 10.2. The molecule has 0 bridgehead atoms. The van der Waals surface area contributed by atoms with Crippen LogP contribution < -0.4 is 11.2 Å². The second-order valence-electron chi connectivity index (χ2n) is 6.27. The van der Waals surface area contributed by atoms with Crippen molar-refractivity contribution in [1.29, 1.82) is 0 Å². The molecule has 8 heteroatoms. The first-order chi connectivity index (χ1) is 14.7. The first kappa shape index (κ1) is 19.0. The van der Waals surface area contributed by atoms with Gasteiger partial charge in [0.15, 0.2) is 11.5 Å². The van der Waals surface area contributed by atoms with Crippen LogP contribution in [0.5, 0.6) is 0 Å². The molecule has 0 spiro atoms. The van der Waals surface area contributed by atoms with E-state index in [1.165, 1.54) is 35.3 Å². The van der Waals surface area contributed by atoms with Crippen LogP contribution in [0.3, 0.4) is 0 Å². The summed E-state index contributed by atoms with van der Waals surface area (Å²) >= 11 is 0. The van der Waals surface area contributed by atoms with Crippen LogP contribution in [0.1, 0.15) is 5.69 Å². The standard InChI is InChI=1S/C22H17FN6O/c23-18-14-17(28-13-11-25-15-28)6-7-20(18)29-12-9-21(30)22(27-29)19(8-10-24)26-16-4-2-1-3-5-16/h1-15H,24H2. The number of imidazole rings is 1. The number of aromatic nitrogens is 4. The summed E-state index contributed by atoms with van der Waals surface area (Å²) in [5, 5.41) is 4.32. The van der Waals surface area contributed by atoms with Crippen molar-refractivity contribution in [2.75, 3.05) is 0 Å². The smallest absolute Gasteiger partial charge is 0.209 e. The fourth-order valence-electron chi connectivity index (χ4n) is 2.88. The zero-order valence-corrected chi connectivity index (χ0v) is 15.8. The predicted molar refractivity (Wildman–Crippen MR) is 113 cm³/mol. The van der Waals surface area contributed by atoms with Crippen LogP contribution in [-0.4, -0.2) is 25.0 Å². The lowest BCUT2D eigenvalue weighted by Crippen LogP contribution is -2.20. The van der Waals surface area contributed by atoms with E-state index in [2.05, 4.69) is 15.1 Å². The van der Waals surface area contributed by atoms with Crippen molar-refractivity contribution < 1.29 is 4.39 Å². The predicted octanol–water partition coefficient (Wildman–Crippen LogP) is 3.15. The van der Waals surface area contributed by atoms with E-state index >= 15 is 0 Å². The molecule has 0 fully saturated rings. The van der Waals surface area contributed by atoms with Crippen molar-refractivity contribution in [3.8, 4) is 11.4 Å². The maximum absolute atomic E-state index is 14.8. The van der Waals surface area contributed by atoms with E-state index in [0.717, 1.165) is 0 Å². The molecule has 2 aromatic carbocycles. The fourth-order valence-corrected chi connectivity index (χ4v) is 2.88. The first-order valence-corrected chi connectivity index (χ1v) is 9.06. The number of benzene rings is 2. The van der Waals surface area contributed by atoms with Crippen molar-refractivity contribution in [3.05, 3.63) is 114 Å². The topological polar surface area (TPSA) is 91.1 Å². The van der Waals surface area contributed by atoms with Gasteiger partial charge in [0.25, 0.3) is 0 Å². The van der Waals surface area contributed by atoms with Gasteiger partial charge >= 0.3 is 0 Å². The zero-order valence-electron chi connectivity index (χ0n) is 15.8. The Hall–Kier alpha value is -4.33. The minimum absolute atomic E-state index is 0.0566. The Bertz CT molecular complexity index is 1280. The van der Waals surface area contributed by atoms with Crippen LogP contribution in [0.4, 0.5) is 10.1 Å². The molecule has 4 rings (SSSR count). The highest BCUT2D eigenvalue weighted by molar-refractivity contribution is 6.08. The van der Waals surface area contributed by atoms with Gasteiger partial charge in [-0.2, -0.15) is 5.10 Å². The quantitative estimate of drug-likeness (QED) is 0.521. The molecule has 0 atom stereocenters. The Morgan fingerprint density at radius 2 is 1.93 bits per heavy atom. The summed E-state index contributed by atoms with van der Waals surface area (Å²) in [6, 6.07) is 15.1. The Labute approximate surface area is 171 Å². The molecule has 2 N–H and O–H groups in total. The molecule has 0 aliphatic heterocycles. The first-order valence-electron chi connectivity index (χ1n) is 9.06. The van der Waals surface area contributed by atoms with Crippen LogP contribution in [0, 0.1) is 5.82 Å². The molecule has 2 aromatic heterocycles. The summed E-state index contributed by atoms with van der Waals surface area (Å²) < 4.78 is 17.8. The molecule has 0 aliphatic carbocycles. The Morgan fingerprint density at radius 3 is 2.63 bits per heavy atom. The summed E-state index contributed by atoms with van der Waals surface area (Å²) in [4.78, 5) is 20.9.